The van der Waals surface area contributed by atoms with Gasteiger partial charge >= 0.3 is 6.18 Å². The number of fused-ring (bicyclic) bond motifs is 2. The first-order valence-electron chi connectivity index (χ1n) is 18.1. The first kappa shape index (κ1) is 34.7. The van der Waals surface area contributed by atoms with Crippen molar-refractivity contribution in [2.45, 2.75) is 116 Å². The van der Waals surface area contributed by atoms with Crippen LogP contribution in [0, 0.1) is 29.6 Å². The van der Waals surface area contributed by atoms with Crippen LogP contribution in [-0.2, 0) is 24.3 Å². The van der Waals surface area contributed by atoms with Gasteiger partial charge in [0, 0.05) is 59.5 Å². The van der Waals surface area contributed by atoms with Crippen molar-refractivity contribution in [1.82, 2.24) is 24.8 Å². The SMILES string of the molecule is CCCCC(CC)C(=O)NC12CC(Cn3c(C#N)cc4c(C)c(CN5CCC(Nc6ncnc7sc(CC(F)(F)F)cc67)CC5)ccc43)(C1)C2. The molecule has 50 heavy (non-hydrogen) atoms. The van der Waals surface area contributed by atoms with Gasteiger partial charge in [0.15, 0.2) is 0 Å². The number of halogens is 3. The largest absolute Gasteiger partial charge is 0.393 e. The summed E-state index contributed by atoms with van der Waals surface area (Å²) in [7, 11) is 0. The van der Waals surface area contributed by atoms with Crippen molar-refractivity contribution in [2.24, 2.45) is 11.3 Å². The molecule has 8 nitrogen and oxygen atoms in total. The predicted octanol–water partition coefficient (Wildman–Crippen LogP) is 8.26. The molecule has 4 aromatic rings. The minimum atomic E-state index is -4.26. The molecule has 1 saturated heterocycles. The third-order valence-electron chi connectivity index (χ3n) is 11.5. The summed E-state index contributed by atoms with van der Waals surface area (Å²) < 4.78 is 41.1. The Labute approximate surface area is 295 Å². The molecule has 1 unspecified atom stereocenters. The van der Waals surface area contributed by atoms with Crippen LogP contribution in [-0.4, -0.2) is 56.2 Å². The first-order chi connectivity index (χ1) is 23.9. The Bertz CT molecular complexity index is 1910. The Morgan fingerprint density at radius 1 is 1.14 bits per heavy atom. The lowest BCUT2D eigenvalue weighted by Gasteiger charge is -2.71. The number of nitrogens with one attached hydrogen (secondary N) is 2. The predicted molar refractivity (Wildman–Crippen MR) is 191 cm³/mol. The molecule has 4 aliphatic rings. The topological polar surface area (TPSA) is 98.9 Å². The maximum absolute atomic E-state index is 13.0. The van der Waals surface area contributed by atoms with E-state index in [-0.39, 0.29) is 33.7 Å². The van der Waals surface area contributed by atoms with Gasteiger partial charge in [0.1, 0.15) is 28.7 Å². The Balaban J connectivity index is 0.960. The third kappa shape index (κ3) is 6.83. The van der Waals surface area contributed by atoms with E-state index < -0.39 is 12.6 Å². The molecule has 1 aromatic carbocycles. The fourth-order valence-electron chi connectivity index (χ4n) is 8.90. The minimum Gasteiger partial charge on any atom is -0.367 e. The number of unbranched alkanes of at least 4 members (excludes halogenated alkanes) is 1. The molecule has 3 aromatic heterocycles. The number of hydrogen-bond donors (Lipinski definition) is 2. The van der Waals surface area contributed by atoms with Crippen LogP contribution in [0.4, 0.5) is 19.0 Å². The van der Waals surface area contributed by atoms with Gasteiger partial charge in [-0.2, -0.15) is 18.4 Å². The van der Waals surface area contributed by atoms with E-state index in [1.54, 1.807) is 6.07 Å². The summed E-state index contributed by atoms with van der Waals surface area (Å²) in [6.45, 7) is 9.81. The average Bonchev–Trinajstić information content (AvgIpc) is 3.62. The zero-order valence-corrected chi connectivity index (χ0v) is 29.9. The summed E-state index contributed by atoms with van der Waals surface area (Å²) in [5, 5.41) is 18.8. The van der Waals surface area contributed by atoms with Crippen molar-refractivity contribution in [3.8, 4) is 6.07 Å². The number of carbonyl (C=O) groups is 1. The van der Waals surface area contributed by atoms with Crippen LogP contribution < -0.4 is 10.6 Å². The van der Waals surface area contributed by atoms with Crippen LogP contribution in [0.3, 0.4) is 0 Å². The van der Waals surface area contributed by atoms with E-state index in [2.05, 4.69) is 69.0 Å². The number of piperidine rings is 1. The lowest BCUT2D eigenvalue weighted by molar-refractivity contribution is -0.173. The third-order valence-corrected chi connectivity index (χ3v) is 12.5. The molecule has 1 amide bonds. The van der Waals surface area contributed by atoms with E-state index in [0.717, 1.165) is 106 Å². The molecule has 2 bridgehead atoms. The lowest BCUT2D eigenvalue weighted by Crippen LogP contribution is -2.76. The van der Waals surface area contributed by atoms with Gasteiger partial charge < -0.3 is 15.2 Å². The maximum atomic E-state index is 13.0. The number of benzene rings is 1. The number of nitriles is 1. The van der Waals surface area contributed by atoms with Gasteiger partial charge in [-0.25, -0.2) is 9.97 Å². The number of thiophene rings is 1. The number of rotatable bonds is 13. The van der Waals surface area contributed by atoms with Crippen molar-refractivity contribution in [3.05, 3.63) is 52.3 Å². The molecule has 3 saturated carbocycles. The van der Waals surface area contributed by atoms with Gasteiger partial charge in [0.05, 0.1) is 11.8 Å². The first-order valence-corrected chi connectivity index (χ1v) is 18.9. The van der Waals surface area contributed by atoms with Crippen LogP contribution in [0.25, 0.3) is 21.1 Å². The summed E-state index contributed by atoms with van der Waals surface area (Å²) in [5.41, 5.74) is 4.33. The molecule has 1 aliphatic heterocycles. The van der Waals surface area contributed by atoms with Crippen LogP contribution in [0.1, 0.15) is 93.3 Å². The Kier molecular flexibility index (Phi) is 9.35. The fraction of sp³-hybridized carbons (Fsp3) is 0.579. The molecule has 12 heteroatoms. The van der Waals surface area contributed by atoms with E-state index in [1.807, 2.05) is 6.07 Å². The number of aryl methyl sites for hydroxylation is 1. The van der Waals surface area contributed by atoms with E-state index in [1.165, 1.54) is 17.5 Å². The number of nitrogens with zero attached hydrogens (tertiary/aromatic N) is 5. The van der Waals surface area contributed by atoms with Gasteiger partial charge in [-0.15, -0.1) is 11.3 Å². The second kappa shape index (κ2) is 13.5. The molecule has 8 rings (SSSR count). The standard InChI is InChI=1S/C38H46F3N7OS/c1-4-6-7-25(5-2)34(49)46-37-19-36(20-37,21-37)22-48-28(17-42)14-30-24(3)26(8-9-32(30)48)18-47-12-10-27(11-13-47)45-33-31-15-29(16-38(39,40)41)50-35(31)44-23-43-33/h8-9,14-15,23,25,27H,4-7,10-13,16,18-22H2,1-3H3,(H,46,49)(H,43,44,45). The molecule has 0 spiro atoms. The zero-order valence-electron chi connectivity index (χ0n) is 29.1. The van der Waals surface area contributed by atoms with Gasteiger partial charge in [-0.1, -0.05) is 32.8 Å². The zero-order chi connectivity index (χ0) is 35.3. The lowest BCUT2D eigenvalue weighted by atomic mass is 9.39. The van der Waals surface area contributed by atoms with Gasteiger partial charge in [0.2, 0.25) is 5.91 Å². The maximum Gasteiger partial charge on any atom is 0.393 e. The molecule has 1 atom stereocenters. The van der Waals surface area contributed by atoms with E-state index >= 15 is 0 Å². The van der Waals surface area contributed by atoms with Crippen LogP contribution >= 0.6 is 11.3 Å². The smallest absolute Gasteiger partial charge is 0.367 e. The summed E-state index contributed by atoms with van der Waals surface area (Å²) in [6.07, 6.45) is 4.97. The summed E-state index contributed by atoms with van der Waals surface area (Å²) in [4.78, 5) is 24.8. The molecule has 2 N–H and O–H groups in total. The Morgan fingerprint density at radius 2 is 1.90 bits per heavy atom. The monoisotopic (exact) mass is 705 g/mol. The molecule has 0 radical (unpaired) electrons. The second-order valence-electron chi connectivity index (χ2n) is 15.2. The molecule has 266 valence electrons. The van der Waals surface area contributed by atoms with Gasteiger partial charge in [-0.05, 0) is 86.6 Å². The number of amides is 1. The normalized spacial score (nSPS) is 23.0. The summed E-state index contributed by atoms with van der Waals surface area (Å²) in [6, 6.07) is 10.6. The van der Waals surface area contributed by atoms with E-state index in [0.29, 0.717) is 21.7 Å². The van der Waals surface area contributed by atoms with Crippen LogP contribution in [0.15, 0.2) is 30.6 Å². The fourth-order valence-corrected chi connectivity index (χ4v) is 9.93. The number of hydrogen-bond acceptors (Lipinski definition) is 7. The van der Waals surface area contributed by atoms with E-state index in [9.17, 15) is 23.2 Å². The van der Waals surface area contributed by atoms with Crippen molar-refractivity contribution >= 4 is 44.2 Å². The highest BCUT2D eigenvalue weighted by Gasteiger charge is 2.68. The number of anilines is 1. The van der Waals surface area contributed by atoms with Gasteiger partial charge in [0.25, 0.3) is 0 Å². The van der Waals surface area contributed by atoms with E-state index in [4.69, 9.17) is 0 Å². The quantitative estimate of drug-likeness (QED) is 0.145. The molecule has 4 heterocycles. The number of carbonyl (C=O) groups excluding carboxylic acids is 1. The molecule has 4 fully saturated rings. The summed E-state index contributed by atoms with van der Waals surface area (Å²) >= 11 is 1.07. The number of likely N-dealkylation sites (tertiary alicyclic amines) is 1. The second-order valence-corrected chi connectivity index (χ2v) is 16.3. The van der Waals surface area contributed by atoms with Crippen LogP contribution in [0.5, 0.6) is 0 Å². The highest BCUT2D eigenvalue weighted by Crippen LogP contribution is 2.68. The highest BCUT2D eigenvalue weighted by atomic mass is 32.1. The number of alkyl halides is 3. The molecular weight excluding hydrogens is 660 g/mol. The van der Waals surface area contributed by atoms with Crippen molar-refractivity contribution in [1.29, 1.82) is 5.26 Å². The minimum absolute atomic E-state index is 0.0520. The molecular formula is C38H46F3N7OS. The average molecular weight is 706 g/mol. The Morgan fingerprint density at radius 3 is 2.58 bits per heavy atom. The van der Waals surface area contributed by atoms with Crippen molar-refractivity contribution in [3.63, 3.8) is 0 Å². The summed E-state index contributed by atoms with van der Waals surface area (Å²) in [5.74, 6) is 0.920. The van der Waals surface area contributed by atoms with Crippen molar-refractivity contribution < 1.29 is 18.0 Å². The Hall–Kier alpha value is -3.69. The van der Waals surface area contributed by atoms with Crippen molar-refractivity contribution in [2.75, 3.05) is 18.4 Å². The van der Waals surface area contributed by atoms with Gasteiger partial charge in [-0.3, -0.25) is 9.69 Å². The highest BCUT2D eigenvalue weighted by molar-refractivity contribution is 7.18. The van der Waals surface area contributed by atoms with Crippen LogP contribution in [0.2, 0.25) is 0 Å². The molecule has 3 aliphatic carbocycles. The number of aromatic nitrogens is 3.